The van der Waals surface area contributed by atoms with Crippen LogP contribution < -0.4 is 10.6 Å². The van der Waals surface area contributed by atoms with Gasteiger partial charge in [-0.05, 0) is 51.0 Å². The fourth-order valence-electron chi connectivity index (χ4n) is 2.55. The van der Waals surface area contributed by atoms with Crippen LogP contribution in [0.4, 0.5) is 11.6 Å². The summed E-state index contributed by atoms with van der Waals surface area (Å²) in [5.41, 5.74) is 2.84. The lowest BCUT2D eigenvalue weighted by Gasteiger charge is -2.12. The van der Waals surface area contributed by atoms with Crippen LogP contribution in [-0.2, 0) is 0 Å². The van der Waals surface area contributed by atoms with Gasteiger partial charge < -0.3 is 10.6 Å². The Morgan fingerprint density at radius 1 is 0.808 bits per heavy atom. The average Bonchev–Trinajstić information content (AvgIpc) is 2.69. The first-order valence-corrected chi connectivity index (χ1v) is 8.89. The molecule has 0 spiro atoms. The van der Waals surface area contributed by atoms with Crippen LogP contribution in [0.1, 0.15) is 24.1 Å². The third-order valence-corrected chi connectivity index (χ3v) is 4.15. The van der Waals surface area contributed by atoms with E-state index in [0.717, 1.165) is 54.5 Å². The summed E-state index contributed by atoms with van der Waals surface area (Å²) in [5, 5.41) is 6.76. The average molecular weight is 348 g/mol. The summed E-state index contributed by atoms with van der Waals surface area (Å²) in [6.45, 7) is 5.82. The lowest BCUT2D eigenvalue weighted by atomic mass is 10.2. The van der Waals surface area contributed by atoms with Gasteiger partial charge in [0.15, 0.2) is 5.82 Å². The highest BCUT2D eigenvalue weighted by atomic mass is 15.0. The number of hydrogen-bond donors (Lipinski definition) is 2. The molecule has 0 radical (unpaired) electrons. The van der Waals surface area contributed by atoms with E-state index in [9.17, 15) is 0 Å². The number of aromatic nitrogens is 4. The minimum absolute atomic E-state index is 0.660. The molecule has 0 aliphatic heterocycles. The molecule has 6 nitrogen and oxygen atoms in total. The van der Waals surface area contributed by atoms with Crippen LogP contribution in [0.15, 0.2) is 48.8 Å². The molecule has 26 heavy (non-hydrogen) atoms. The van der Waals surface area contributed by atoms with Crippen molar-refractivity contribution in [2.75, 3.05) is 23.7 Å². The molecule has 0 amide bonds. The van der Waals surface area contributed by atoms with Crippen LogP contribution in [0.3, 0.4) is 0 Å². The first kappa shape index (κ1) is 17.8. The summed E-state index contributed by atoms with van der Waals surface area (Å²) in [6, 6.07) is 11.6. The Morgan fingerprint density at radius 3 is 2.23 bits per heavy atom. The van der Waals surface area contributed by atoms with Gasteiger partial charge in [0.25, 0.3) is 0 Å². The highest BCUT2D eigenvalue weighted by Crippen LogP contribution is 2.20. The van der Waals surface area contributed by atoms with Crippen molar-refractivity contribution >= 4 is 11.6 Å². The van der Waals surface area contributed by atoms with Crippen LogP contribution in [0.2, 0.25) is 0 Å². The predicted octanol–water partition coefficient (Wildman–Crippen LogP) is 3.85. The SMILES string of the molecule is Cc1nc(-c2ccccn2)nc(NCCCCNc2ccccn2)c1C. The van der Waals surface area contributed by atoms with E-state index in [2.05, 4.69) is 30.6 Å². The van der Waals surface area contributed by atoms with E-state index in [-0.39, 0.29) is 0 Å². The predicted molar refractivity (Wildman–Crippen MR) is 105 cm³/mol. The molecule has 0 saturated carbocycles. The molecule has 3 heterocycles. The maximum Gasteiger partial charge on any atom is 0.180 e. The largest absolute Gasteiger partial charge is 0.370 e. The van der Waals surface area contributed by atoms with E-state index < -0.39 is 0 Å². The Balaban J connectivity index is 1.52. The number of rotatable bonds is 8. The van der Waals surface area contributed by atoms with Crippen molar-refractivity contribution in [1.29, 1.82) is 0 Å². The van der Waals surface area contributed by atoms with Gasteiger partial charge in [-0.2, -0.15) is 0 Å². The number of aryl methyl sites for hydroxylation is 1. The van der Waals surface area contributed by atoms with Crippen molar-refractivity contribution in [1.82, 2.24) is 19.9 Å². The Labute approximate surface area is 154 Å². The fraction of sp³-hybridized carbons (Fsp3) is 0.300. The van der Waals surface area contributed by atoms with Crippen LogP contribution in [0.5, 0.6) is 0 Å². The normalized spacial score (nSPS) is 10.5. The summed E-state index contributed by atoms with van der Waals surface area (Å²) in [4.78, 5) is 17.8. The maximum absolute atomic E-state index is 4.66. The van der Waals surface area contributed by atoms with Crippen molar-refractivity contribution in [2.45, 2.75) is 26.7 Å². The lowest BCUT2D eigenvalue weighted by Crippen LogP contribution is -2.10. The smallest absolute Gasteiger partial charge is 0.180 e. The molecule has 0 fully saturated rings. The summed E-state index contributed by atoms with van der Waals surface area (Å²) >= 11 is 0. The summed E-state index contributed by atoms with van der Waals surface area (Å²) in [6.07, 6.45) is 5.65. The number of nitrogens with one attached hydrogen (secondary N) is 2. The second kappa shape index (κ2) is 8.89. The topological polar surface area (TPSA) is 75.6 Å². The standard InChI is InChI=1S/C20H24N6/c1-15-16(2)25-20(17-9-3-5-11-21-17)26-19(15)24-14-8-7-13-23-18-10-4-6-12-22-18/h3-6,9-12H,7-8,13-14H2,1-2H3,(H,22,23)(H,24,25,26). The van der Waals surface area contributed by atoms with Crippen molar-refractivity contribution in [2.24, 2.45) is 0 Å². The van der Waals surface area contributed by atoms with Crippen LogP contribution in [0, 0.1) is 13.8 Å². The summed E-state index contributed by atoms with van der Waals surface area (Å²) < 4.78 is 0. The number of pyridine rings is 2. The van der Waals surface area contributed by atoms with Gasteiger partial charge in [0, 0.05) is 36.7 Å². The van der Waals surface area contributed by atoms with Gasteiger partial charge in [0.1, 0.15) is 17.3 Å². The van der Waals surface area contributed by atoms with Gasteiger partial charge in [-0.3, -0.25) is 4.98 Å². The number of nitrogens with zero attached hydrogens (tertiary/aromatic N) is 4. The number of anilines is 2. The van der Waals surface area contributed by atoms with Crippen LogP contribution in [0.25, 0.3) is 11.5 Å². The zero-order valence-corrected chi connectivity index (χ0v) is 15.2. The second-order valence-electron chi connectivity index (χ2n) is 6.10. The molecule has 3 rings (SSSR count). The van der Waals surface area contributed by atoms with Crippen LogP contribution >= 0.6 is 0 Å². The first-order valence-electron chi connectivity index (χ1n) is 8.89. The third-order valence-electron chi connectivity index (χ3n) is 4.15. The van der Waals surface area contributed by atoms with Crippen molar-refractivity contribution in [3.8, 4) is 11.5 Å². The molecular formula is C20H24N6. The Kier molecular flexibility index (Phi) is 6.09. The quantitative estimate of drug-likeness (QED) is 0.602. The lowest BCUT2D eigenvalue weighted by molar-refractivity contribution is 0.790. The first-order chi connectivity index (χ1) is 12.7. The minimum atomic E-state index is 0.660. The van der Waals surface area contributed by atoms with Crippen molar-refractivity contribution in [3.05, 3.63) is 60.0 Å². The Bertz CT molecular complexity index is 820. The molecule has 3 aromatic rings. The highest BCUT2D eigenvalue weighted by molar-refractivity contribution is 5.56. The third kappa shape index (κ3) is 4.75. The Morgan fingerprint density at radius 2 is 1.54 bits per heavy atom. The van der Waals surface area contributed by atoms with Gasteiger partial charge in [0.05, 0.1) is 0 Å². The monoisotopic (exact) mass is 348 g/mol. The second-order valence-corrected chi connectivity index (χ2v) is 6.10. The van der Waals surface area contributed by atoms with E-state index in [1.165, 1.54) is 0 Å². The summed E-state index contributed by atoms with van der Waals surface area (Å²) in [5.74, 6) is 2.46. The molecule has 0 saturated heterocycles. The van der Waals surface area contributed by atoms with Gasteiger partial charge >= 0.3 is 0 Å². The molecule has 0 bridgehead atoms. The van der Waals surface area contributed by atoms with Gasteiger partial charge in [0.2, 0.25) is 0 Å². The van der Waals surface area contributed by atoms with E-state index in [4.69, 9.17) is 0 Å². The highest BCUT2D eigenvalue weighted by Gasteiger charge is 2.10. The summed E-state index contributed by atoms with van der Waals surface area (Å²) in [7, 11) is 0. The molecule has 0 unspecified atom stereocenters. The van der Waals surface area contributed by atoms with E-state index in [0.29, 0.717) is 5.82 Å². The molecule has 0 aromatic carbocycles. The number of unbranched alkanes of at least 4 members (excludes halogenated alkanes) is 1. The molecule has 0 aliphatic rings. The zero-order chi connectivity index (χ0) is 18.2. The molecule has 3 aromatic heterocycles. The van der Waals surface area contributed by atoms with Gasteiger partial charge in [-0.25, -0.2) is 15.0 Å². The van der Waals surface area contributed by atoms with Crippen LogP contribution in [-0.4, -0.2) is 33.0 Å². The molecule has 2 N–H and O–H groups in total. The molecule has 0 atom stereocenters. The fourth-order valence-corrected chi connectivity index (χ4v) is 2.55. The molecule has 134 valence electrons. The molecule has 6 heteroatoms. The van der Waals surface area contributed by atoms with Crippen molar-refractivity contribution in [3.63, 3.8) is 0 Å². The van der Waals surface area contributed by atoms with Gasteiger partial charge in [-0.1, -0.05) is 12.1 Å². The maximum atomic E-state index is 4.66. The van der Waals surface area contributed by atoms with Gasteiger partial charge in [-0.15, -0.1) is 0 Å². The number of hydrogen-bond acceptors (Lipinski definition) is 6. The van der Waals surface area contributed by atoms with E-state index in [1.54, 1.807) is 12.4 Å². The van der Waals surface area contributed by atoms with Crippen molar-refractivity contribution < 1.29 is 0 Å². The molecular weight excluding hydrogens is 324 g/mol. The minimum Gasteiger partial charge on any atom is -0.370 e. The zero-order valence-electron chi connectivity index (χ0n) is 15.2. The molecule has 0 aliphatic carbocycles. The Hall–Kier alpha value is -3.02. The van der Waals surface area contributed by atoms with E-state index in [1.807, 2.05) is 50.2 Å². The van der Waals surface area contributed by atoms with E-state index >= 15 is 0 Å².